The minimum atomic E-state index is -0.259. The van der Waals surface area contributed by atoms with Gasteiger partial charge in [-0.15, -0.1) is 12.3 Å². The third-order valence-corrected chi connectivity index (χ3v) is 1.81. The average Bonchev–Trinajstić information content (AvgIpc) is 2.76. The number of carbonyl (C=O) groups is 1. The average molecular weight is 202 g/mol. The molecule has 0 saturated carbocycles. The van der Waals surface area contributed by atoms with Crippen molar-refractivity contribution in [1.29, 1.82) is 0 Å². The van der Waals surface area contributed by atoms with Gasteiger partial charge in [-0.2, -0.15) is 0 Å². The van der Waals surface area contributed by atoms with Gasteiger partial charge in [-0.1, -0.05) is 6.92 Å². The number of hydrogen-bond acceptors (Lipinski definition) is 2. The largest absolute Gasteiger partial charge is 0.427 e. The van der Waals surface area contributed by atoms with Crippen LogP contribution in [-0.4, -0.2) is 5.97 Å². The van der Waals surface area contributed by atoms with Crippen molar-refractivity contribution in [3.8, 4) is 29.2 Å². The summed E-state index contributed by atoms with van der Waals surface area (Å²) in [5.74, 6) is 2.92. The Labute approximate surface area is 90.3 Å². The first-order chi connectivity index (χ1) is 7.17. The Morgan fingerprint density at radius 3 is 2.33 bits per heavy atom. The maximum Gasteiger partial charge on any atom is 0.308 e. The van der Waals surface area contributed by atoms with E-state index < -0.39 is 0 Å². The third kappa shape index (κ3) is 3.86. The van der Waals surface area contributed by atoms with E-state index in [0.29, 0.717) is 5.75 Å². The molecule has 0 unspecified atom stereocenters. The van der Waals surface area contributed by atoms with Gasteiger partial charge in [0.2, 0.25) is 0 Å². The Morgan fingerprint density at radius 2 is 2.00 bits per heavy atom. The van der Waals surface area contributed by atoms with Crippen molar-refractivity contribution in [3.05, 3.63) is 18.2 Å². The molecule has 2 rings (SSSR count). The van der Waals surface area contributed by atoms with Gasteiger partial charge in [-0.25, -0.2) is 0 Å². The molecule has 2 nitrogen and oxygen atoms in total. The van der Waals surface area contributed by atoms with Gasteiger partial charge in [0, 0.05) is 13.3 Å². The number of benzene rings is 1. The Kier molecular flexibility index (Phi) is 3.93. The Hall–Kier alpha value is -1.75. The van der Waals surface area contributed by atoms with Crippen LogP contribution in [0.1, 0.15) is 26.7 Å². The van der Waals surface area contributed by atoms with E-state index >= 15 is 0 Å². The van der Waals surface area contributed by atoms with Crippen molar-refractivity contribution in [2.75, 3.05) is 0 Å². The number of unbranched alkanes of at least 4 members (excludes halogenated alkanes) is 1. The molecular formula is C13H14O2. The van der Waals surface area contributed by atoms with E-state index in [2.05, 4.69) is 12.8 Å². The van der Waals surface area contributed by atoms with Crippen molar-refractivity contribution in [2.45, 2.75) is 26.7 Å². The summed E-state index contributed by atoms with van der Waals surface area (Å²) in [5, 5.41) is 0. The van der Waals surface area contributed by atoms with Gasteiger partial charge in [0.25, 0.3) is 0 Å². The molecule has 15 heavy (non-hydrogen) atoms. The second-order valence-electron chi connectivity index (χ2n) is 3.29. The van der Waals surface area contributed by atoms with Crippen LogP contribution in [-0.2, 0) is 4.79 Å². The highest BCUT2D eigenvalue weighted by Gasteiger charge is 2.15. The molecule has 78 valence electrons. The normalized spacial score (nSPS) is 9.40. The van der Waals surface area contributed by atoms with E-state index in [1.54, 1.807) is 0 Å². The van der Waals surface area contributed by atoms with Crippen molar-refractivity contribution in [3.63, 3.8) is 0 Å². The summed E-state index contributed by atoms with van der Waals surface area (Å²) < 4.78 is 4.82. The zero-order valence-electron chi connectivity index (χ0n) is 9.04. The Morgan fingerprint density at radius 1 is 1.40 bits per heavy atom. The number of terminal acetylenes is 1. The predicted molar refractivity (Wildman–Crippen MR) is 60.5 cm³/mol. The molecule has 0 bridgehead atoms. The van der Waals surface area contributed by atoms with Gasteiger partial charge in [0.1, 0.15) is 5.75 Å². The lowest BCUT2D eigenvalue weighted by molar-refractivity contribution is -0.131. The number of hydrogen-bond donors (Lipinski definition) is 0. The summed E-state index contributed by atoms with van der Waals surface area (Å²) in [7, 11) is 0. The monoisotopic (exact) mass is 202 g/mol. The predicted octanol–water partition coefficient (Wildman–Crippen LogP) is 3.01. The minimum absolute atomic E-state index is 0.259. The van der Waals surface area contributed by atoms with Crippen LogP contribution in [0.5, 0.6) is 5.75 Å². The molecule has 0 N–H and O–H groups in total. The van der Waals surface area contributed by atoms with Crippen LogP contribution in [0.15, 0.2) is 18.2 Å². The van der Waals surface area contributed by atoms with Gasteiger partial charge >= 0.3 is 5.97 Å². The molecule has 0 heterocycles. The van der Waals surface area contributed by atoms with Crippen LogP contribution in [0.2, 0.25) is 0 Å². The van der Waals surface area contributed by atoms with Crippen LogP contribution in [0.3, 0.4) is 0 Å². The zero-order chi connectivity index (χ0) is 11.3. The molecule has 0 aromatic carbocycles. The van der Waals surface area contributed by atoms with Crippen molar-refractivity contribution in [1.82, 2.24) is 0 Å². The van der Waals surface area contributed by atoms with Crippen LogP contribution < -0.4 is 4.74 Å². The fraction of sp³-hybridized carbons (Fsp3) is 0.308. The topological polar surface area (TPSA) is 26.3 Å². The summed E-state index contributed by atoms with van der Waals surface area (Å²) in [4.78, 5) is 10.4. The summed E-state index contributed by atoms with van der Waals surface area (Å²) >= 11 is 0. The fourth-order valence-corrected chi connectivity index (χ4v) is 1.10. The molecule has 2 aliphatic rings. The van der Waals surface area contributed by atoms with E-state index in [9.17, 15) is 4.79 Å². The molecule has 2 aliphatic carbocycles. The number of esters is 1. The van der Waals surface area contributed by atoms with Gasteiger partial charge in [-0.3, -0.25) is 4.79 Å². The number of ether oxygens (including phenoxy) is 1. The maximum atomic E-state index is 10.4. The highest BCUT2D eigenvalue weighted by Crippen LogP contribution is 2.39. The van der Waals surface area contributed by atoms with Gasteiger partial charge in [0.05, 0.1) is 0 Å². The van der Waals surface area contributed by atoms with Crippen LogP contribution >= 0.6 is 0 Å². The molecule has 2 heteroatoms. The molecule has 0 radical (unpaired) electrons. The van der Waals surface area contributed by atoms with E-state index in [1.165, 1.54) is 18.1 Å². The van der Waals surface area contributed by atoms with E-state index in [-0.39, 0.29) is 5.97 Å². The van der Waals surface area contributed by atoms with Crippen LogP contribution in [0, 0.1) is 12.3 Å². The SMILES string of the molecule is C#CCCC.CC(=O)Oc1cc2cc-2c1. The van der Waals surface area contributed by atoms with E-state index in [0.717, 1.165) is 12.8 Å². The highest BCUT2D eigenvalue weighted by molar-refractivity contribution is 5.85. The molecule has 0 amide bonds. The molecule has 0 aromatic heterocycles. The fourth-order valence-electron chi connectivity index (χ4n) is 1.10. The van der Waals surface area contributed by atoms with Crippen molar-refractivity contribution in [2.24, 2.45) is 0 Å². The Bertz CT molecular complexity index is 379. The summed E-state index contributed by atoms with van der Waals surface area (Å²) in [5.41, 5.74) is 2.38. The lowest BCUT2D eigenvalue weighted by Crippen LogP contribution is -1.99. The smallest absolute Gasteiger partial charge is 0.308 e. The molecule has 0 aromatic rings. The lowest BCUT2D eigenvalue weighted by Gasteiger charge is -1.93. The molecule has 0 spiro atoms. The second kappa shape index (κ2) is 5.21. The van der Waals surface area contributed by atoms with Gasteiger partial charge in [-0.05, 0) is 35.7 Å². The zero-order valence-corrected chi connectivity index (χ0v) is 9.04. The molecule has 0 fully saturated rings. The van der Waals surface area contributed by atoms with Crippen molar-refractivity contribution < 1.29 is 9.53 Å². The summed E-state index contributed by atoms with van der Waals surface area (Å²) in [6.45, 7) is 3.47. The number of carbonyl (C=O) groups excluding carboxylic acids is 1. The number of fused-ring (bicyclic) bond motifs is 1. The van der Waals surface area contributed by atoms with E-state index in [1.807, 2.05) is 18.2 Å². The molecule has 0 atom stereocenters. The highest BCUT2D eigenvalue weighted by atomic mass is 16.5. The Balaban J connectivity index is 0.000000195. The van der Waals surface area contributed by atoms with Crippen LogP contribution in [0.4, 0.5) is 0 Å². The first kappa shape index (κ1) is 11.3. The van der Waals surface area contributed by atoms with Gasteiger partial charge < -0.3 is 4.74 Å². The standard InChI is InChI=1S/C8H6O2.C5H8/c1-5(9)10-8-3-6-2-7(6)4-8;1-3-5-4-2/h2-4H,1H3;1H,4-5H2,2H3. The van der Waals surface area contributed by atoms with Gasteiger partial charge in [0.15, 0.2) is 0 Å². The van der Waals surface area contributed by atoms with E-state index in [4.69, 9.17) is 11.2 Å². The summed E-state index contributed by atoms with van der Waals surface area (Å²) in [6.07, 6.45) is 6.91. The minimum Gasteiger partial charge on any atom is -0.427 e. The summed E-state index contributed by atoms with van der Waals surface area (Å²) in [6, 6.07) is 5.75. The first-order valence-corrected chi connectivity index (χ1v) is 4.94. The molecule has 0 saturated heterocycles. The molecule has 0 aliphatic heterocycles. The number of rotatable bonds is 2. The third-order valence-electron chi connectivity index (χ3n) is 1.81. The molecular weight excluding hydrogens is 188 g/mol. The first-order valence-electron chi connectivity index (χ1n) is 4.94. The lowest BCUT2D eigenvalue weighted by atomic mass is 10.4. The maximum absolute atomic E-state index is 10.4. The van der Waals surface area contributed by atoms with Crippen LogP contribution in [0.25, 0.3) is 11.1 Å². The second-order valence-corrected chi connectivity index (χ2v) is 3.29. The quantitative estimate of drug-likeness (QED) is 0.425. The van der Waals surface area contributed by atoms with Crippen molar-refractivity contribution >= 4 is 5.97 Å².